The monoisotopic (exact) mass is 335 g/mol. The molecule has 5 heteroatoms. The second-order valence-electron chi connectivity index (χ2n) is 5.71. The molecule has 0 spiro atoms. The first kappa shape index (κ1) is 16.8. The summed E-state index contributed by atoms with van der Waals surface area (Å²) < 4.78 is 14.2. The largest absolute Gasteiger partial charge is 0.358 e. The highest BCUT2D eigenvalue weighted by Gasteiger charge is 2.24. The maximum Gasteiger partial charge on any atom is 0.231 e. The van der Waals surface area contributed by atoms with Gasteiger partial charge in [0, 0.05) is 30.6 Å². The number of aryl methyl sites for hydroxylation is 1. The number of aromatic nitrogens is 2. The number of hydrogen-bond donors (Lipinski definition) is 1. The normalized spacial score (nSPS) is 11.8. The highest BCUT2D eigenvalue weighted by molar-refractivity contribution is 5.87. The smallest absolute Gasteiger partial charge is 0.231 e. The van der Waals surface area contributed by atoms with Crippen LogP contribution in [0.15, 0.2) is 60.9 Å². The van der Waals surface area contributed by atoms with Gasteiger partial charge in [-0.3, -0.25) is 4.79 Å². The average Bonchev–Trinajstić information content (AvgIpc) is 2.64. The van der Waals surface area contributed by atoms with E-state index in [1.165, 1.54) is 6.07 Å². The molecule has 4 nitrogen and oxygen atoms in total. The first-order chi connectivity index (χ1) is 12.1. The van der Waals surface area contributed by atoms with Crippen molar-refractivity contribution in [2.75, 3.05) is 7.05 Å². The van der Waals surface area contributed by atoms with Gasteiger partial charge in [-0.2, -0.15) is 0 Å². The van der Waals surface area contributed by atoms with E-state index in [0.717, 1.165) is 16.7 Å². The number of nitrogens with zero attached hydrogens (tertiary/aromatic N) is 2. The van der Waals surface area contributed by atoms with Gasteiger partial charge < -0.3 is 5.32 Å². The molecular weight excluding hydrogens is 317 g/mol. The summed E-state index contributed by atoms with van der Waals surface area (Å²) in [5.41, 5.74) is 2.90. The van der Waals surface area contributed by atoms with Crippen LogP contribution < -0.4 is 5.32 Å². The lowest BCUT2D eigenvalue weighted by atomic mass is 9.89. The fraction of sp³-hybridized carbons (Fsp3) is 0.150. The number of carbonyl (C=O) groups is 1. The average molecular weight is 335 g/mol. The number of amides is 1. The second kappa shape index (κ2) is 7.21. The first-order valence-corrected chi connectivity index (χ1v) is 7.95. The molecule has 1 heterocycles. The minimum Gasteiger partial charge on any atom is -0.358 e. The summed E-state index contributed by atoms with van der Waals surface area (Å²) in [6, 6.07) is 13.8. The Labute approximate surface area is 145 Å². The van der Waals surface area contributed by atoms with Crippen molar-refractivity contribution >= 4 is 5.91 Å². The predicted molar refractivity (Wildman–Crippen MR) is 94.5 cm³/mol. The van der Waals surface area contributed by atoms with E-state index in [4.69, 9.17) is 0 Å². The molecule has 3 rings (SSSR count). The van der Waals surface area contributed by atoms with Crippen LogP contribution in [0.25, 0.3) is 11.1 Å². The van der Waals surface area contributed by atoms with Crippen LogP contribution in [0.5, 0.6) is 0 Å². The summed E-state index contributed by atoms with van der Waals surface area (Å²) in [7, 11) is 1.55. The van der Waals surface area contributed by atoms with Crippen LogP contribution in [0, 0.1) is 12.7 Å². The van der Waals surface area contributed by atoms with Crippen LogP contribution in [0.4, 0.5) is 4.39 Å². The molecule has 0 aliphatic carbocycles. The summed E-state index contributed by atoms with van der Waals surface area (Å²) in [6.45, 7) is 1.83. The predicted octanol–water partition coefficient (Wildman–Crippen LogP) is 3.47. The Hall–Kier alpha value is -3.08. The van der Waals surface area contributed by atoms with Gasteiger partial charge in [0.1, 0.15) is 11.6 Å². The van der Waals surface area contributed by atoms with Gasteiger partial charge in [0.25, 0.3) is 0 Å². The highest BCUT2D eigenvalue weighted by Crippen LogP contribution is 2.29. The standard InChI is InChI=1S/C20H18FN3O/c1-13-23-11-16(12-24-13)14-7-9-15(10-8-14)19(20(25)22-2)17-5-3-4-6-18(17)21/h3-12,19H,1-2H3,(H,22,25). The number of rotatable bonds is 4. The van der Waals surface area contributed by atoms with Crippen molar-refractivity contribution in [2.45, 2.75) is 12.8 Å². The third kappa shape index (κ3) is 3.55. The van der Waals surface area contributed by atoms with Crippen molar-refractivity contribution in [1.82, 2.24) is 15.3 Å². The van der Waals surface area contributed by atoms with Gasteiger partial charge in [-0.25, -0.2) is 14.4 Å². The molecule has 0 aliphatic heterocycles. The topological polar surface area (TPSA) is 54.9 Å². The van der Waals surface area contributed by atoms with Gasteiger partial charge in [0.2, 0.25) is 5.91 Å². The number of hydrogen-bond acceptors (Lipinski definition) is 3. The molecule has 0 radical (unpaired) electrons. The van der Waals surface area contributed by atoms with Crippen molar-refractivity contribution < 1.29 is 9.18 Å². The Morgan fingerprint density at radius 1 is 1.00 bits per heavy atom. The second-order valence-corrected chi connectivity index (χ2v) is 5.71. The summed E-state index contributed by atoms with van der Waals surface area (Å²) in [4.78, 5) is 20.7. The maximum atomic E-state index is 14.2. The molecule has 3 aromatic rings. The first-order valence-electron chi connectivity index (χ1n) is 7.95. The number of carbonyl (C=O) groups excluding carboxylic acids is 1. The summed E-state index contributed by atoms with van der Waals surface area (Å²) in [5.74, 6) is -0.641. The van der Waals surface area contributed by atoms with Gasteiger partial charge in [-0.1, -0.05) is 42.5 Å². The maximum absolute atomic E-state index is 14.2. The molecule has 1 unspecified atom stereocenters. The summed E-state index contributed by atoms with van der Waals surface area (Å²) >= 11 is 0. The minimum absolute atomic E-state index is 0.253. The molecule has 0 saturated heterocycles. The fourth-order valence-electron chi connectivity index (χ4n) is 2.74. The van der Waals surface area contributed by atoms with Crippen LogP contribution in [0.1, 0.15) is 22.9 Å². The number of halogens is 1. The molecular formula is C20H18FN3O. The van der Waals surface area contributed by atoms with Crippen molar-refractivity contribution in [2.24, 2.45) is 0 Å². The number of benzene rings is 2. The zero-order valence-electron chi connectivity index (χ0n) is 14.0. The van der Waals surface area contributed by atoms with Crippen LogP contribution in [0.3, 0.4) is 0 Å². The minimum atomic E-state index is -0.700. The third-order valence-electron chi connectivity index (χ3n) is 4.08. The Kier molecular flexibility index (Phi) is 4.84. The zero-order chi connectivity index (χ0) is 17.8. The molecule has 126 valence electrons. The molecule has 1 aromatic heterocycles. The lowest BCUT2D eigenvalue weighted by Gasteiger charge is -2.17. The van der Waals surface area contributed by atoms with E-state index in [1.807, 2.05) is 31.2 Å². The van der Waals surface area contributed by atoms with Crippen molar-refractivity contribution in [1.29, 1.82) is 0 Å². The Morgan fingerprint density at radius 3 is 2.24 bits per heavy atom. The Bertz CT molecular complexity index is 876. The lowest BCUT2D eigenvalue weighted by molar-refractivity contribution is -0.121. The van der Waals surface area contributed by atoms with E-state index < -0.39 is 11.7 Å². The highest BCUT2D eigenvalue weighted by atomic mass is 19.1. The van der Waals surface area contributed by atoms with Crippen molar-refractivity contribution in [3.05, 3.63) is 83.7 Å². The van der Waals surface area contributed by atoms with Crippen molar-refractivity contribution in [3.63, 3.8) is 0 Å². The summed E-state index contributed by atoms with van der Waals surface area (Å²) in [6.07, 6.45) is 3.51. The molecule has 1 N–H and O–H groups in total. The Balaban J connectivity index is 1.98. The molecule has 0 saturated carbocycles. The van der Waals surface area contributed by atoms with E-state index in [0.29, 0.717) is 11.4 Å². The van der Waals surface area contributed by atoms with E-state index in [-0.39, 0.29) is 5.91 Å². The summed E-state index contributed by atoms with van der Waals surface area (Å²) in [5, 5.41) is 2.62. The zero-order valence-corrected chi connectivity index (χ0v) is 14.0. The molecule has 0 aliphatic rings. The van der Waals surface area contributed by atoms with Gasteiger partial charge in [-0.15, -0.1) is 0 Å². The molecule has 0 fully saturated rings. The molecule has 2 aromatic carbocycles. The van der Waals surface area contributed by atoms with Crippen LogP contribution in [-0.2, 0) is 4.79 Å². The van der Waals surface area contributed by atoms with E-state index in [9.17, 15) is 9.18 Å². The SMILES string of the molecule is CNC(=O)C(c1ccc(-c2cnc(C)nc2)cc1)c1ccccc1F. The molecule has 1 atom stereocenters. The van der Waals surface area contributed by atoms with Crippen LogP contribution in [-0.4, -0.2) is 22.9 Å². The number of likely N-dealkylation sites (N-methyl/N-ethyl adjacent to an activating group) is 1. The number of nitrogens with one attached hydrogen (secondary N) is 1. The van der Waals surface area contributed by atoms with Crippen LogP contribution >= 0.6 is 0 Å². The molecule has 1 amide bonds. The third-order valence-corrected chi connectivity index (χ3v) is 4.08. The van der Waals surface area contributed by atoms with Gasteiger partial charge in [0.15, 0.2) is 0 Å². The fourth-order valence-corrected chi connectivity index (χ4v) is 2.74. The van der Waals surface area contributed by atoms with Crippen LogP contribution in [0.2, 0.25) is 0 Å². The van der Waals surface area contributed by atoms with Gasteiger partial charge in [-0.05, 0) is 24.1 Å². The van der Waals surface area contributed by atoms with Gasteiger partial charge >= 0.3 is 0 Å². The van der Waals surface area contributed by atoms with Crippen molar-refractivity contribution in [3.8, 4) is 11.1 Å². The Morgan fingerprint density at radius 2 is 1.64 bits per heavy atom. The quantitative estimate of drug-likeness (QED) is 0.794. The van der Waals surface area contributed by atoms with E-state index in [1.54, 1.807) is 37.6 Å². The molecule has 25 heavy (non-hydrogen) atoms. The van der Waals surface area contributed by atoms with Gasteiger partial charge in [0.05, 0.1) is 5.92 Å². The van der Waals surface area contributed by atoms with E-state index >= 15 is 0 Å². The van der Waals surface area contributed by atoms with E-state index in [2.05, 4.69) is 15.3 Å². The molecule has 0 bridgehead atoms. The lowest BCUT2D eigenvalue weighted by Crippen LogP contribution is -2.27.